The third-order valence-corrected chi connectivity index (χ3v) is 12.6. The maximum Gasteiger partial charge on any atom is 0.306 e. The first-order valence-electron chi connectivity index (χ1n) is 28.8. The Morgan fingerprint density at radius 2 is 0.642 bits per heavy atom. The van der Waals surface area contributed by atoms with E-state index in [1.807, 2.05) is 0 Å². The second-order valence-electron chi connectivity index (χ2n) is 19.2. The molecule has 0 aliphatic heterocycles. The molecule has 0 N–H and O–H groups in total. The van der Waals surface area contributed by atoms with Gasteiger partial charge in [-0.05, 0) is 70.6 Å². The molecule has 0 spiro atoms. The zero-order valence-corrected chi connectivity index (χ0v) is 44.4. The highest BCUT2D eigenvalue weighted by Crippen LogP contribution is 2.16. The van der Waals surface area contributed by atoms with E-state index in [2.05, 4.69) is 81.5 Å². The van der Waals surface area contributed by atoms with E-state index in [0.29, 0.717) is 19.3 Å². The van der Waals surface area contributed by atoms with E-state index in [1.165, 1.54) is 154 Å². The fourth-order valence-electron chi connectivity index (χ4n) is 8.24. The van der Waals surface area contributed by atoms with Crippen LogP contribution in [0.3, 0.4) is 0 Å². The highest BCUT2D eigenvalue weighted by molar-refractivity contribution is 5.71. The van der Waals surface area contributed by atoms with Crippen molar-refractivity contribution >= 4 is 17.9 Å². The van der Waals surface area contributed by atoms with Crippen molar-refractivity contribution in [1.29, 1.82) is 0 Å². The van der Waals surface area contributed by atoms with Gasteiger partial charge in [0.25, 0.3) is 0 Å². The van der Waals surface area contributed by atoms with Gasteiger partial charge in [-0.2, -0.15) is 0 Å². The Morgan fingerprint density at radius 1 is 0.328 bits per heavy atom. The summed E-state index contributed by atoms with van der Waals surface area (Å²) in [5, 5.41) is 0. The first-order chi connectivity index (χ1) is 33.0. The zero-order valence-electron chi connectivity index (χ0n) is 44.4. The minimum Gasteiger partial charge on any atom is -0.462 e. The van der Waals surface area contributed by atoms with Gasteiger partial charge in [0.05, 0.1) is 0 Å². The summed E-state index contributed by atoms with van der Waals surface area (Å²) < 4.78 is 16.9. The summed E-state index contributed by atoms with van der Waals surface area (Å²) in [5.41, 5.74) is 0. The molecule has 0 saturated heterocycles. The number of esters is 3. The Hall–Kier alpha value is -2.89. The Balaban J connectivity index is 4.35. The minimum absolute atomic E-state index is 0.0818. The predicted molar refractivity (Wildman–Crippen MR) is 288 cm³/mol. The molecule has 0 aliphatic rings. The molecular weight excluding hydrogens is 829 g/mol. The van der Waals surface area contributed by atoms with Crippen LogP contribution in [0.4, 0.5) is 0 Å². The number of rotatable bonds is 52. The van der Waals surface area contributed by atoms with Gasteiger partial charge >= 0.3 is 17.9 Å². The first-order valence-corrected chi connectivity index (χ1v) is 28.8. The maximum absolute atomic E-state index is 12.8. The molecule has 0 rings (SSSR count). The van der Waals surface area contributed by atoms with Crippen molar-refractivity contribution in [2.75, 3.05) is 13.2 Å². The Kier molecular flexibility index (Phi) is 53.3. The van der Waals surface area contributed by atoms with Crippen molar-refractivity contribution < 1.29 is 28.6 Å². The van der Waals surface area contributed by atoms with Crippen molar-refractivity contribution in [3.8, 4) is 0 Å². The number of carbonyl (C=O) groups excluding carboxylic acids is 3. The molecule has 0 aliphatic carbocycles. The van der Waals surface area contributed by atoms with Gasteiger partial charge in [-0.1, -0.05) is 261 Å². The zero-order chi connectivity index (χ0) is 48.6. The molecule has 0 aromatic carbocycles. The van der Waals surface area contributed by atoms with Crippen LogP contribution in [-0.4, -0.2) is 37.2 Å². The van der Waals surface area contributed by atoms with E-state index in [9.17, 15) is 14.4 Å². The molecule has 6 heteroatoms. The van der Waals surface area contributed by atoms with Gasteiger partial charge in [0, 0.05) is 19.3 Å². The number of ether oxygens (including phenoxy) is 3. The van der Waals surface area contributed by atoms with Crippen LogP contribution < -0.4 is 0 Å². The summed E-state index contributed by atoms with van der Waals surface area (Å²) in [6, 6.07) is 0. The lowest BCUT2D eigenvalue weighted by Crippen LogP contribution is -2.30. The molecule has 0 amide bonds. The molecule has 1 atom stereocenters. The van der Waals surface area contributed by atoms with Crippen LogP contribution in [0.15, 0.2) is 60.8 Å². The quantitative estimate of drug-likeness (QED) is 0.0199. The topological polar surface area (TPSA) is 78.9 Å². The largest absolute Gasteiger partial charge is 0.462 e. The number of unbranched alkanes of at least 4 members (excludes halogenated alkanes) is 33. The van der Waals surface area contributed by atoms with Crippen LogP contribution in [0.25, 0.3) is 0 Å². The van der Waals surface area contributed by atoms with E-state index >= 15 is 0 Å². The molecule has 0 saturated carbocycles. The van der Waals surface area contributed by atoms with Crippen molar-refractivity contribution in [2.24, 2.45) is 0 Å². The van der Waals surface area contributed by atoms with E-state index < -0.39 is 6.10 Å². The number of carbonyl (C=O) groups is 3. The van der Waals surface area contributed by atoms with E-state index in [1.54, 1.807) is 0 Å². The molecule has 0 aromatic heterocycles. The lowest BCUT2D eigenvalue weighted by atomic mass is 10.0. The second kappa shape index (κ2) is 55.7. The average Bonchev–Trinajstić information content (AvgIpc) is 3.33. The second-order valence-corrected chi connectivity index (χ2v) is 19.2. The van der Waals surface area contributed by atoms with Crippen molar-refractivity contribution in [1.82, 2.24) is 0 Å². The molecule has 0 fully saturated rings. The summed E-state index contributed by atoms with van der Waals surface area (Å²) in [6.45, 7) is 6.49. The van der Waals surface area contributed by atoms with Crippen LogP contribution in [0, 0.1) is 0 Å². The van der Waals surface area contributed by atoms with Crippen LogP contribution in [-0.2, 0) is 28.6 Å². The summed E-state index contributed by atoms with van der Waals surface area (Å²) in [5.74, 6) is -0.899. The molecule has 388 valence electrons. The fourth-order valence-corrected chi connectivity index (χ4v) is 8.24. The van der Waals surface area contributed by atoms with Gasteiger partial charge in [0.15, 0.2) is 6.10 Å². The first kappa shape index (κ1) is 64.1. The highest BCUT2D eigenvalue weighted by Gasteiger charge is 2.19. The Labute approximate surface area is 415 Å². The van der Waals surface area contributed by atoms with E-state index in [4.69, 9.17) is 14.2 Å². The third-order valence-electron chi connectivity index (χ3n) is 12.6. The maximum atomic E-state index is 12.8. The molecule has 6 nitrogen and oxygen atoms in total. The fraction of sp³-hybridized carbons (Fsp3) is 0.787. The van der Waals surface area contributed by atoms with Gasteiger partial charge in [0.2, 0.25) is 0 Å². The monoisotopic (exact) mass is 937 g/mol. The van der Waals surface area contributed by atoms with E-state index in [0.717, 1.165) is 96.3 Å². The normalized spacial score (nSPS) is 12.5. The molecule has 0 heterocycles. The average molecular weight is 938 g/mol. The van der Waals surface area contributed by atoms with Gasteiger partial charge in [-0.25, -0.2) is 0 Å². The lowest BCUT2D eigenvalue weighted by Gasteiger charge is -2.18. The summed E-state index contributed by atoms with van der Waals surface area (Å²) in [6.07, 6.45) is 69.3. The van der Waals surface area contributed by atoms with Gasteiger partial charge in [-0.15, -0.1) is 0 Å². The number of hydrogen-bond acceptors (Lipinski definition) is 6. The number of allylic oxidation sites excluding steroid dienone is 10. The third kappa shape index (κ3) is 53.9. The van der Waals surface area contributed by atoms with Gasteiger partial charge in [-0.3, -0.25) is 14.4 Å². The SMILES string of the molecule is CC\C=C/C=C\C=C/CCCCCCCC(=O)OCC(COC(=O)CCCCCCCCCCCCCCCCCCCCC)OC(=O)CCCCCCCCC/C=C\C/C=C\CCCCC. The van der Waals surface area contributed by atoms with Crippen LogP contribution >= 0.6 is 0 Å². The smallest absolute Gasteiger partial charge is 0.306 e. The molecular formula is C61H108O6. The van der Waals surface area contributed by atoms with Crippen molar-refractivity contribution in [3.63, 3.8) is 0 Å². The standard InChI is InChI=1S/C61H108O6/c1-4-7-10-13-16-19-22-25-27-29-30-32-33-36-39-42-45-48-51-54-60(63)66-57-58(56-65-59(62)53-50-47-44-41-38-35-24-21-18-15-12-9-6-3)67-61(64)55-52-49-46-43-40-37-34-31-28-26-23-20-17-14-11-8-5-2/h9,12,15,17-18,20-21,24,26,28,58H,4-8,10-11,13-14,16,19,22-23,25,27,29-57H2,1-3H3/b12-9-,18-15-,20-17-,24-21-,28-26-. The predicted octanol–water partition coefficient (Wildman–Crippen LogP) is 19.2. The molecule has 0 radical (unpaired) electrons. The van der Waals surface area contributed by atoms with Crippen molar-refractivity contribution in [2.45, 2.75) is 297 Å². The molecule has 67 heavy (non-hydrogen) atoms. The van der Waals surface area contributed by atoms with E-state index in [-0.39, 0.29) is 31.1 Å². The lowest BCUT2D eigenvalue weighted by molar-refractivity contribution is -0.167. The summed E-state index contributed by atoms with van der Waals surface area (Å²) in [4.78, 5) is 38.1. The summed E-state index contributed by atoms with van der Waals surface area (Å²) >= 11 is 0. The summed E-state index contributed by atoms with van der Waals surface area (Å²) in [7, 11) is 0. The van der Waals surface area contributed by atoms with Crippen LogP contribution in [0.1, 0.15) is 290 Å². The molecule has 0 bridgehead atoms. The van der Waals surface area contributed by atoms with Gasteiger partial charge < -0.3 is 14.2 Å². The van der Waals surface area contributed by atoms with Crippen LogP contribution in [0.5, 0.6) is 0 Å². The molecule has 0 aromatic rings. The number of hydrogen-bond donors (Lipinski definition) is 0. The molecule has 1 unspecified atom stereocenters. The van der Waals surface area contributed by atoms with Crippen molar-refractivity contribution in [3.05, 3.63) is 60.8 Å². The Bertz CT molecular complexity index is 1210. The Morgan fingerprint density at radius 3 is 1.04 bits per heavy atom. The highest BCUT2D eigenvalue weighted by atomic mass is 16.6. The van der Waals surface area contributed by atoms with Gasteiger partial charge in [0.1, 0.15) is 13.2 Å². The van der Waals surface area contributed by atoms with Crippen LogP contribution in [0.2, 0.25) is 0 Å². The minimum atomic E-state index is -0.785.